The van der Waals surface area contributed by atoms with E-state index in [-0.39, 0.29) is 17.6 Å². The largest absolute Gasteiger partial charge is 0.496 e. The van der Waals surface area contributed by atoms with Gasteiger partial charge in [-0.15, -0.1) is 0 Å². The molecule has 1 spiro atoms. The molecule has 1 N–H and O–H groups in total. The molecule has 0 saturated carbocycles. The second-order valence-electron chi connectivity index (χ2n) is 7.99. The zero-order chi connectivity index (χ0) is 20.8. The van der Waals surface area contributed by atoms with Crippen LogP contribution in [0.25, 0.3) is 0 Å². The molecule has 0 bridgehead atoms. The second-order valence-corrected chi connectivity index (χ2v) is 7.99. The summed E-state index contributed by atoms with van der Waals surface area (Å²) in [6.45, 7) is 4.21. The number of pyridine rings is 1. The number of carbonyl (C=O) groups is 1. The maximum Gasteiger partial charge on any atom is 0.252 e. The molecular formula is C23H29N3O4. The van der Waals surface area contributed by atoms with Crippen molar-refractivity contribution in [2.45, 2.75) is 31.1 Å². The maximum atomic E-state index is 12.3. The number of aromatic nitrogens is 1. The lowest BCUT2D eigenvalue weighted by molar-refractivity contribution is -0.0849. The lowest BCUT2D eigenvalue weighted by Crippen LogP contribution is -2.45. The van der Waals surface area contributed by atoms with Gasteiger partial charge in [0.15, 0.2) is 0 Å². The van der Waals surface area contributed by atoms with E-state index >= 15 is 0 Å². The molecule has 1 aromatic carbocycles. The first kappa shape index (κ1) is 20.8. The van der Waals surface area contributed by atoms with Gasteiger partial charge in [0.05, 0.1) is 32.0 Å². The Balaban J connectivity index is 1.35. The molecule has 160 valence electrons. The standard InChI is InChI=1S/C23H29N3O4/c1-28-21-7-3-2-5-19(21)15-26-11-12-29-17-23(16-26)9-8-20(30-23)14-25-22(27)18-6-4-10-24-13-18/h2-7,10,13,20H,8-9,11-12,14-17H2,1H3,(H,25,27)/t20-,23-/m0/s1. The quantitative estimate of drug-likeness (QED) is 0.786. The smallest absolute Gasteiger partial charge is 0.252 e. The second kappa shape index (κ2) is 9.55. The van der Waals surface area contributed by atoms with E-state index in [0.29, 0.717) is 25.3 Å². The summed E-state index contributed by atoms with van der Waals surface area (Å²) in [5.41, 5.74) is 1.39. The SMILES string of the molecule is COc1ccccc1CN1CCOC[C@]2(CC[C@@H](CNC(=O)c3cccnc3)O2)C1. The van der Waals surface area contributed by atoms with Crippen molar-refractivity contribution in [3.8, 4) is 5.75 Å². The Morgan fingerprint density at radius 1 is 1.33 bits per heavy atom. The number of benzene rings is 1. The molecule has 1 aromatic heterocycles. The number of nitrogens with zero attached hydrogens (tertiary/aromatic N) is 2. The lowest BCUT2D eigenvalue weighted by atomic mass is 9.99. The van der Waals surface area contributed by atoms with Gasteiger partial charge in [-0.2, -0.15) is 0 Å². The van der Waals surface area contributed by atoms with Crippen molar-refractivity contribution >= 4 is 5.91 Å². The number of ether oxygens (including phenoxy) is 3. The summed E-state index contributed by atoms with van der Waals surface area (Å²) in [6, 6.07) is 11.6. The number of nitrogens with one attached hydrogen (secondary N) is 1. The zero-order valence-corrected chi connectivity index (χ0v) is 17.4. The number of rotatable bonds is 6. The van der Waals surface area contributed by atoms with Gasteiger partial charge in [-0.3, -0.25) is 14.7 Å². The molecular weight excluding hydrogens is 382 g/mol. The molecule has 0 aliphatic carbocycles. The maximum absolute atomic E-state index is 12.3. The molecule has 2 saturated heterocycles. The number of carbonyl (C=O) groups excluding carboxylic acids is 1. The number of hydrogen-bond donors (Lipinski definition) is 1. The van der Waals surface area contributed by atoms with Crippen LogP contribution in [-0.4, -0.2) is 67.5 Å². The lowest BCUT2D eigenvalue weighted by Gasteiger charge is -2.32. The third-order valence-electron chi connectivity index (χ3n) is 5.77. The molecule has 0 unspecified atom stereocenters. The van der Waals surface area contributed by atoms with Crippen molar-refractivity contribution in [1.29, 1.82) is 0 Å². The van der Waals surface area contributed by atoms with Gasteiger partial charge in [0.25, 0.3) is 5.91 Å². The summed E-state index contributed by atoms with van der Waals surface area (Å²) < 4.78 is 17.9. The molecule has 3 heterocycles. The molecule has 30 heavy (non-hydrogen) atoms. The fourth-order valence-electron chi connectivity index (χ4n) is 4.26. The fraction of sp³-hybridized carbons (Fsp3) is 0.478. The number of hydrogen-bond acceptors (Lipinski definition) is 6. The Kier molecular flexibility index (Phi) is 6.62. The normalized spacial score (nSPS) is 24.5. The van der Waals surface area contributed by atoms with Crippen LogP contribution in [-0.2, 0) is 16.0 Å². The third kappa shape index (κ3) is 4.98. The van der Waals surface area contributed by atoms with Crippen LogP contribution in [0, 0.1) is 0 Å². The van der Waals surface area contributed by atoms with Crippen molar-refractivity contribution in [3.63, 3.8) is 0 Å². The predicted molar refractivity (Wildman–Crippen MR) is 112 cm³/mol. The van der Waals surface area contributed by atoms with E-state index < -0.39 is 0 Å². The molecule has 2 aromatic rings. The monoisotopic (exact) mass is 411 g/mol. The highest BCUT2D eigenvalue weighted by atomic mass is 16.6. The van der Waals surface area contributed by atoms with E-state index in [1.807, 2.05) is 18.2 Å². The van der Waals surface area contributed by atoms with Crippen molar-refractivity contribution < 1.29 is 19.0 Å². The topological polar surface area (TPSA) is 72.9 Å². The molecule has 0 radical (unpaired) electrons. The Morgan fingerprint density at radius 2 is 2.23 bits per heavy atom. The summed E-state index contributed by atoms with van der Waals surface area (Å²) in [5, 5.41) is 2.97. The summed E-state index contributed by atoms with van der Waals surface area (Å²) in [4.78, 5) is 18.7. The minimum Gasteiger partial charge on any atom is -0.496 e. The third-order valence-corrected chi connectivity index (χ3v) is 5.77. The average Bonchev–Trinajstić information content (AvgIpc) is 3.07. The Morgan fingerprint density at radius 3 is 3.07 bits per heavy atom. The van der Waals surface area contributed by atoms with Crippen molar-refractivity contribution in [1.82, 2.24) is 15.2 Å². The Hall–Kier alpha value is -2.48. The average molecular weight is 412 g/mol. The number of methoxy groups -OCH3 is 1. The summed E-state index contributed by atoms with van der Waals surface area (Å²) in [7, 11) is 1.70. The van der Waals surface area contributed by atoms with E-state index in [0.717, 1.165) is 43.8 Å². The van der Waals surface area contributed by atoms with Crippen molar-refractivity contribution in [2.75, 3.05) is 40.0 Å². The molecule has 2 aliphatic rings. The summed E-state index contributed by atoms with van der Waals surface area (Å²) in [5.74, 6) is 0.780. The molecule has 2 fully saturated rings. The van der Waals surface area contributed by atoms with Gasteiger partial charge in [0.2, 0.25) is 0 Å². The van der Waals surface area contributed by atoms with E-state index in [4.69, 9.17) is 14.2 Å². The van der Waals surface area contributed by atoms with E-state index in [2.05, 4.69) is 21.3 Å². The van der Waals surface area contributed by atoms with E-state index in [1.165, 1.54) is 0 Å². The minimum atomic E-state index is -0.331. The number of amides is 1. The van der Waals surface area contributed by atoms with Gasteiger partial charge in [-0.25, -0.2) is 0 Å². The molecule has 4 rings (SSSR count). The van der Waals surface area contributed by atoms with Crippen LogP contribution in [0.5, 0.6) is 5.75 Å². The van der Waals surface area contributed by atoms with Gasteiger partial charge in [0.1, 0.15) is 11.4 Å². The van der Waals surface area contributed by atoms with Crippen LogP contribution in [0.3, 0.4) is 0 Å². The van der Waals surface area contributed by atoms with Crippen molar-refractivity contribution in [2.24, 2.45) is 0 Å². The molecule has 1 amide bonds. The van der Waals surface area contributed by atoms with E-state index in [1.54, 1.807) is 31.6 Å². The van der Waals surface area contributed by atoms with Crippen LogP contribution >= 0.6 is 0 Å². The summed E-state index contributed by atoms with van der Waals surface area (Å²) >= 11 is 0. The van der Waals surface area contributed by atoms with Gasteiger partial charge in [-0.05, 0) is 31.0 Å². The zero-order valence-electron chi connectivity index (χ0n) is 17.4. The van der Waals surface area contributed by atoms with Crippen LogP contribution in [0.15, 0.2) is 48.8 Å². The molecule has 7 nitrogen and oxygen atoms in total. The fourth-order valence-corrected chi connectivity index (χ4v) is 4.26. The Labute approximate surface area is 177 Å². The molecule has 2 aliphatic heterocycles. The first-order chi connectivity index (χ1) is 14.7. The highest BCUT2D eigenvalue weighted by Crippen LogP contribution is 2.33. The van der Waals surface area contributed by atoms with Crippen molar-refractivity contribution in [3.05, 3.63) is 59.9 Å². The minimum absolute atomic E-state index is 0.0135. The number of para-hydroxylation sites is 1. The molecule has 7 heteroatoms. The molecule has 2 atom stereocenters. The van der Waals surface area contributed by atoms with Crippen LogP contribution in [0.2, 0.25) is 0 Å². The van der Waals surface area contributed by atoms with Gasteiger partial charge >= 0.3 is 0 Å². The summed E-state index contributed by atoms with van der Waals surface area (Å²) in [6.07, 6.45) is 5.03. The van der Waals surface area contributed by atoms with E-state index in [9.17, 15) is 4.79 Å². The van der Waals surface area contributed by atoms with Crippen LogP contribution < -0.4 is 10.1 Å². The van der Waals surface area contributed by atoms with Crippen LogP contribution in [0.4, 0.5) is 0 Å². The first-order valence-corrected chi connectivity index (χ1v) is 10.5. The highest BCUT2D eigenvalue weighted by Gasteiger charge is 2.43. The predicted octanol–water partition coefficient (Wildman–Crippen LogP) is 2.27. The van der Waals surface area contributed by atoms with Gasteiger partial charge < -0.3 is 19.5 Å². The Bertz CT molecular complexity index is 847. The first-order valence-electron chi connectivity index (χ1n) is 10.5. The van der Waals surface area contributed by atoms with Gasteiger partial charge in [0, 0.05) is 44.1 Å². The van der Waals surface area contributed by atoms with Crippen LogP contribution in [0.1, 0.15) is 28.8 Å². The van der Waals surface area contributed by atoms with Gasteiger partial charge in [-0.1, -0.05) is 18.2 Å². The highest BCUT2D eigenvalue weighted by molar-refractivity contribution is 5.93.